The largest absolute Gasteiger partial charge is 0.481 e. The third-order valence-corrected chi connectivity index (χ3v) is 3.30. The maximum absolute atomic E-state index is 11.3. The summed E-state index contributed by atoms with van der Waals surface area (Å²) in [5.41, 5.74) is 0. The van der Waals surface area contributed by atoms with Crippen LogP contribution in [0.2, 0.25) is 0 Å². The third kappa shape index (κ3) is 5.56. The highest BCUT2D eigenvalue weighted by Crippen LogP contribution is 2.26. The van der Waals surface area contributed by atoms with Crippen LogP contribution < -0.4 is 10.6 Å². The van der Waals surface area contributed by atoms with Gasteiger partial charge in [-0.2, -0.15) is 0 Å². The molecule has 3 N–H and O–H groups in total. The number of hydrogen-bond acceptors (Lipinski definition) is 2. The molecular formula is C12H22N2O3. The van der Waals surface area contributed by atoms with Crippen molar-refractivity contribution in [1.29, 1.82) is 0 Å². The molecule has 0 saturated heterocycles. The van der Waals surface area contributed by atoms with Crippen LogP contribution in [-0.4, -0.2) is 30.2 Å². The van der Waals surface area contributed by atoms with Gasteiger partial charge in [-0.15, -0.1) is 0 Å². The normalized spacial score (nSPS) is 17.7. The lowest BCUT2D eigenvalue weighted by Gasteiger charge is -2.12. The summed E-state index contributed by atoms with van der Waals surface area (Å²) in [7, 11) is 0. The zero-order valence-electron chi connectivity index (χ0n) is 10.4. The van der Waals surface area contributed by atoms with E-state index >= 15 is 0 Å². The molecule has 2 amide bonds. The first kappa shape index (κ1) is 13.8. The van der Waals surface area contributed by atoms with E-state index in [0.29, 0.717) is 6.54 Å². The molecule has 1 saturated carbocycles. The molecule has 1 aliphatic rings. The summed E-state index contributed by atoms with van der Waals surface area (Å²) in [5.74, 6) is -0.680. The molecule has 0 aliphatic heterocycles. The van der Waals surface area contributed by atoms with Crippen LogP contribution in [0.1, 0.15) is 39.0 Å². The van der Waals surface area contributed by atoms with E-state index in [9.17, 15) is 9.59 Å². The molecule has 17 heavy (non-hydrogen) atoms. The van der Waals surface area contributed by atoms with Crippen LogP contribution in [0.15, 0.2) is 0 Å². The van der Waals surface area contributed by atoms with Crippen LogP contribution in [0.25, 0.3) is 0 Å². The number of urea groups is 1. The molecule has 0 radical (unpaired) electrons. The number of hydrogen-bond donors (Lipinski definition) is 3. The van der Waals surface area contributed by atoms with Crippen molar-refractivity contribution >= 4 is 12.0 Å². The number of rotatable bonds is 6. The van der Waals surface area contributed by atoms with Gasteiger partial charge in [0.2, 0.25) is 0 Å². The third-order valence-electron chi connectivity index (χ3n) is 3.30. The number of amides is 2. The first-order chi connectivity index (χ1) is 8.09. The lowest BCUT2D eigenvalue weighted by Crippen LogP contribution is -2.39. The Hall–Kier alpha value is -1.26. The van der Waals surface area contributed by atoms with Crippen LogP contribution in [0, 0.1) is 11.8 Å². The van der Waals surface area contributed by atoms with Gasteiger partial charge in [0.05, 0.1) is 5.92 Å². The summed E-state index contributed by atoms with van der Waals surface area (Å²) in [6.45, 7) is 2.42. The Morgan fingerprint density at radius 3 is 2.53 bits per heavy atom. The van der Waals surface area contributed by atoms with Crippen LogP contribution in [0.5, 0.6) is 0 Å². The van der Waals surface area contributed by atoms with Crippen LogP contribution in [-0.2, 0) is 4.79 Å². The average Bonchev–Trinajstić information content (AvgIpc) is 2.78. The molecule has 0 aromatic carbocycles. The molecule has 0 bridgehead atoms. The Bertz CT molecular complexity index is 262. The lowest BCUT2D eigenvalue weighted by molar-refractivity contribution is -0.140. The Morgan fingerprint density at radius 2 is 1.94 bits per heavy atom. The van der Waals surface area contributed by atoms with E-state index in [4.69, 9.17) is 5.11 Å². The van der Waals surface area contributed by atoms with E-state index < -0.39 is 11.9 Å². The highest BCUT2D eigenvalue weighted by molar-refractivity contribution is 5.75. The predicted molar refractivity (Wildman–Crippen MR) is 64.8 cm³/mol. The SMILES string of the molecule is CC(CNC(=O)NCCC1CCCC1)C(=O)O. The number of nitrogens with one attached hydrogen (secondary N) is 2. The molecule has 0 aromatic heterocycles. The molecule has 1 unspecified atom stereocenters. The zero-order chi connectivity index (χ0) is 12.7. The number of carboxylic acid groups (broad SMARTS) is 1. The van der Waals surface area contributed by atoms with E-state index in [1.54, 1.807) is 6.92 Å². The van der Waals surface area contributed by atoms with Crippen LogP contribution in [0.3, 0.4) is 0 Å². The summed E-state index contributed by atoms with van der Waals surface area (Å²) < 4.78 is 0. The Labute approximate surface area is 102 Å². The second-order valence-corrected chi connectivity index (χ2v) is 4.82. The molecule has 0 heterocycles. The van der Waals surface area contributed by atoms with Crippen LogP contribution >= 0.6 is 0 Å². The van der Waals surface area contributed by atoms with Gasteiger partial charge >= 0.3 is 12.0 Å². The maximum atomic E-state index is 11.3. The molecule has 1 aliphatic carbocycles. The quantitative estimate of drug-likeness (QED) is 0.661. The van der Waals surface area contributed by atoms with E-state index in [1.165, 1.54) is 25.7 Å². The van der Waals surface area contributed by atoms with Crippen molar-refractivity contribution in [3.63, 3.8) is 0 Å². The fourth-order valence-corrected chi connectivity index (χ4v) is 2.08. The summed E-state index contributed by atoms with van der Waals surface area (Å²) in [6, 6.07) is -0.268. The van der Waals surface area contributed by atoms with E-state index in [1.807, 2.05) is 0 Å². The van der Waals surface area contributed by atoms with Gasteiger partial charge < -0.3 is 15.7 Å². The monoisotopic (exact) mass is 242 g/mol. The van der Waals surface area contributed by atoms with E-state index in [0.717, 1.165) is 12.3 Å². The summed E-state index contributed by atoms with van der Waals surface area (Å²) in [6.07, 6.45) is 6.21. The minimum absolute atomic E-state index is 0.171. The van der Waals surface area contributed by atoms with Gasteiger partial charge in [0, 0.05) is 13.1 Å². The molecular weight excluding hydrogens is 220 g/mol. The molecule has 0 spiro atoms. The molecule has 1 atom stereocenters. The van der Waals surface area contributed by atoms with Gasteiger partial charge in [0.1, 0.15) is 0 Å². The van der Waals surface area contributed by atoms with Gasteiger partial charge in [-0.1, -0.05) is 32.6 Å². The fraction of sp³-hybridized carbons (Fsp3) is 0.833. The minimum Gasteiger partial charge on any atom is -0.481 e. The molecule has 1 fully saturated rings. The Kier molecular flexibility index (Phi) is 5.80. The average molecular weight is 242 g/mol. The van der Waals surface area contributed by atoms with Gasteiger partial charge in [0.25, 0.3) is 0 Å². The van der Waals surface area contributed by atoms with Crippen molar-refractivity contribution in [3.8, 4) is 0 Å². The Morgan fingerprint density at radius 1 is 1.29 bits per heavy atom. The summed E-state index contributed by atoms with van der Waals surface area (Å²) in [4.78, 5) is 21.9. The first-order valence-corrected chi connectivity index (χ1v) is 6.34. The number of carbonyl (C=O) groups excluding carboxylic acids is 1. The van der Waals surface area contributed by atoms with Gasteiger partial charge in [-0.05, 0) is 12.3 Å². The number of carboxylic acids is 1. The van der Waals surface area contributed by atoms with Crippen molar-refractivity contribution < 1.29 is 14.7 Å². The number of carbonyl (C=O) groups is 2. The lowest BCUT2D eigenvalue weighted by atomic mass is 10.0. The standard InChI is InChI=1S/C12H22N2O3/c1-9(11(15)16)8-14-12(17)13-7-6-10-4-2-3-5-10/h9-10H,2-8H2,1H3,(H,15,16)(H2,13,14,17). The molecule has 0 aromatic rings. The van der Waals surface area contributed by atoms with Crippen LogP contribution in [0.4, 0.5) is 4.79 Å². The predicted octanol–water partition coefficient (Wildman–Crippen LogP) is 1.59. The summed E-state index contributed by atoms with van der Waals surface area (Å²) in [5, 5.41) is 14.0. The van der Waals surface area contributed by atoms with E-state index in [-0.39, 0.29) is 12.6 Å². The van der Waals surface area contributed by atoms with Crippen molar-refractivity contribution in [2.45, 2.75) is 39.0 Å². The fourth-order valence-electron chi connectivity index (χ4n) is 2.08. The Balaban J connectivity index is 2.02. The minimum atomic E-state index is -0.892. The topological polar surface area (TPSA) is 78.4 Å². The molecule has 98 valence electrons. The molecule has 1 rings (SSSR count). The second kappa shape index (κ2) is 7.14. The van der Waals surface area contributed by atoms with E-state index in [2.05, 4.69) is 10.6 Å². The highest BCUT2D eigenvalue weighted by atomic mass is 16.4. The second-order valence-electron chi connectivity index (χ2n) is 4.82. The van der Waals surface area contributed by atoms with Gasteiger partial charge in [-0.3, -0.25) is 4.79 Å². The smallest absolute Gasteiger partial charge is 0.314 e. The number of aliphatic carboxylic acids is 1. The van der Waals surface area contributed by atoms with Gasteiger partial charge in [0.15, 0.2) is 0 Å². The first-order valence-electron chi connectivity index (χ1n) is 6.34. The van der Waals surface area contributed by atoms with Gasteiger partial charge in [-0.25, -0.2) is 4.79 Å². The van der Waals surface area contributed by atoms with Crippen molar-refractivity contribution in [1.82, 2.24) is 10.6 Å². The van der Waals surface area contributed by atoms with Crippen molar-refractivity contribution in [3.05, 3.63) is 0 Å². The maximum Gasteiger partial charge on any atom is 0.314 e. The van der Waals surface area contributed by atoms with Crippen molar-refractivity contribution in [2.24, 2.45) is 11.8 Å². The summed E-state index contributed by atoms with van der Waals surface area (Å²) >= 11 is 0. The zero-order valence-corrected chi connectivity index (χ0v) is 10.4. The molecule has 5 nitrogen and oxygen atoms in total. The highest BCUT2D eigenvalue weighted by Gasteiger charge is 2.15. The molecule has 5 heteroatoms. The van der Waals surface area contributed by atoms with Crippen molar-refractivity contribution in [2.75, 3.05) is 13.1 Å².